The zero-order chi connectivity index (χ0) is 14.2. The largest absolute Gasteiger partial charge is 0.481 e. The molecule has 0 atom stereocenters. The first-order valence-electron chi connectivity index (χ1n) is 6.47. The van der Waals surface area contributed by atoms with Crippen LogP contribution in [0.5, 0.6) is 0 Å². The molecule has 0 radical (unpaired) electrons. The fraction of sp³-hybridized carbons (Fsp3) is 0.0556. The highest BCUT2D eigenvalue weighted by Crippen LogP contribution is 2.23. The number of allylic oxidation sites excluding steroid dienone is 2. The summed E-state index contributed by atoms with van der Waals surface area (Å²) >= 11 is 0. The van der Waals surface area contributed by atoms with E-state index in [2.05, 4.69) is 0 Å². The van der Waals surface area contributed by atoms with E-state index < -0.39 is 5.97 Å². The van der Waals surface area contributed by atoms with Crippen LogP contribution in [-0.2, 0) is 4.79 Å². The number of rotatable bonds is 5. The minimum absolute atomic E-state index is 0.0351. The molecule has 0 bridgehead atoms. The first-order chi connectivity index (χ1) is 9.77. The number of benzene rings is 2. The number of carboxylic acids is 1. The highest BCUT2D eigenvalue weighted by Gasteiger charge is 2.02. The van der Waals surface area contributed by atoms with Gasteiger partial charge in [-0.3, -0.25) is 4.79 Å². The molecule has 2 heteroatoms. The summed E-state index contributed by atoms with van der Waals surface area (Å²) in [7, 11) is 0. The number of hydrogen-bond donors (Lipinski definition) is 1. The van der Waals surface area contributed by atoms with Gasteiger partial charge < -0.3 is 5.11 Å². The maximum atomic E-state index is 10.5. The van der Waals surface area contributed by atoms with Crippen LogP contribution in [0.2, 0.25) is 0 Å². The van der Waals surface area contributed by atoms with Crippen LogP contribution in [-0.4, -0.2) is 11.1 Å². The average Bonchev–Trinajstić information content (AvgIpc) is 2.49. The Morgan fingerprint density at radius 1 is 0.900 bits per heavy atom. The van der Waals surface area contributed by atoms with Crippen molar-refractivity contribution in [2.45, 2.75) is 6.42 Å². The molecule has 2 aromatic rings. The number of carbonyl (C=O) groups is 1. The predicted octanol–water partition coefficient (Wildman–Crippen LogP) is 4.15. The maximum Gasteiger partial charge on any atom is 0.307 e. The lowest BCUT2D eigenvalue weighted by molar-refractivity contribution is -0.135. The van der Waals surface area contributed by atoms with Crippen molar-refractivity contribution >= 4 is 11.5 Å². The molecule has 1 N–H and O–H groups in total. The van der Waals surface area contributed by atoms with Gasteiger partial charge in [-0.05, 0) is 16.7 Å². The fourth-order valence-corrected chi connectivity index (χ4v) is 1.93. The number of aliphatic carboxylic acids is 1. The second-order valence-corrected chi connectivity index (χ2v) is 4.34. The molecular weight excluding hydrogens is 248 g/mol. The van der Waals surface area contributed by atoms with Crippen molar-refractivity contribution in [2.75, 3.05) is 0 Å². The molecular formula is C18H16O2. The van der Waals surface area contributed by atoms with Crippen LogP contribution in [0.15, 0.2) is 78.9 Å². The van der Waals surface area contributed by atoms with Crippen molar-refractivity contribution in [3.8, 4) is 0 Å². The van der Waals surface area contributed by atoms with E-state index in [-0.39, 0.29) is 6.42 Å². The molecule has 0 fully saturated rings. The monoisotopic (exact) mass is 264 g/mol. The van der Waals surface area contributed by atoms with Crippen LogP contribution in [0, 0.1) is 0 Å². The van der Waals surface area contributed by atoms with Gasteiger partial charge in [-0.25, -0.2) is 0 Å². The molecule has 0 aromatic heterocycles. The standard InChI is InChI=1S/C18H16O2/c19-18(20)14-8-7-13-17(15-9-3-1-4-10-15)16-11-5-2-6-12-16/h1-13H,14H2,(H,19,20). The third kappa shape index (κ3) is 3.95. The van der Waals surface area contributed by atoms with Gasteiger partial charge in [0.15, 0.2) is 0 Å². The summed E-state index contributed by atoms with van der Waals surface area (Å²) in [5.41, 5.74) is 3.30. The van der Waals surface area contributed by atoms with Crippen molar-refractivity contribution in [1.29, 1.82) is 0 Å². The van der Waals surface area contributed by atoms with Gasteiger partial charge in [-0.1, -0.05) is 78.9 Å². The van der Waals surface area contributed by atoms with Crippen LogP contribution in [0.3, 0.4) is 0 Å². The highest BCUT2D eigenvalue weighted by atomic mass is 16.4. The lowest BCUT2D eigenvalue weighted by Crippen LogP contribution is -1.90. The van der Waals surface area contributed by atoms with Gasteiger partial charge in [0.2, 0.25) is 0 Å². The van der Waals surface area contributed by atoms with Gasteiger partial charge in [0.05, 0.1) is 6.42 Å². The second-order valence-electron chi connectivity index (χ2n) is 4.34. The SMILES string of the molecule is O=C(O)CC=CC=C(c1ccccc1)c1ccccc1. The topological polar surface area (TPSA) is 37.3 Å². The quantitative estimate of drug-likeness (QED) is 0.824. The van der Waals surface area contributed by atoms with E-state index in [0.29, 0.717) is 0 Å². The first kappa shape index (κ1) is 13.8. The summed E-state index contributed by atoms with van der Waals surface area (Å²) in [5, 5.41) is 8.64. The summed E-state index contributed by atoms with van der Waals surface area (Å²) < 4.78 is 0. The Hall–Kier alpha value is -2.61. The first-order valence-corrected chi connectivity index (χ1v) is 6.47. The smallest absolute Gasteiger partial charge is 0.307 e. The summed E-state index contributed by atoms with van der Waals surface area (Å²) in [6, 6.07) is 20.1. The fourth-order valence-electron chi connectivity index (χ4n) is 1.93. The van der Waals surface area contributed by atoms with E-state index in [9.17, 15) is 4.79 Å². The Labute approximate surface area is 118 Å². The maximum absolute atomic E-state index is 10.5. The zero-order valence-corrected chi connectivity index (χ0v) is 11.1. The molecule has 0 aliphatic rings. The lowest BCUT2D eigenvalue weighted by Gasteiger charge is -2.07. The summed E-state index contributed by atoms with van der Waals surface area (Å²) in [4.78, 5) is 10.5. The molecule has 0 amide bonds. The molecule has 20 heavy (non-hydrogen) atoms. The van der Waals surface area contributed by atoms with E-state index in [1.54, 1.807) is 12.2 Å². The molecule has 2 nitrogen and oxygen atoms in total. The zero-order valence-electron chi connectivity index (χ0n) is 11.1. The molecule has 2 aromatic carbocycles. The average molecular weight is 264 g/mol. The van der Waals surface area contributed by atoms with Crippen molar-refractivity contribution < 1.29 is 9.90 Å². The molecule has 0 heterocycles. The van der Waals surface area contributed by atoms with E-state index in [4.69, 9.17) is 5.11 Å². The predicted molar refractivity (Wildman–Crippen MR) is 81.4 cm³/mol. The van der Waals surface area contributed by atoms with Crippen molar-refractivity contribution in [3.05, 3.63) is 90.0 Å². The molecule has 0 aliphatic carbocycles. The van der Waals surface area contributed by atoms with Crippen molar-refractivity contribution in [3.63, 3.8) is 0 Å². The Morgan fingerprint density at radius 3 is 1.85 bits per heavy atom. The van der Waals surface area contributed by atoms with Crippen LogP contribution in [0.4, 0.5) is 0 Å². The normalized spacial score (nSPS) is 10.4. The molecule has 0 unspecified atom stereocenters. The van der Waals surface area contributed by atoms with Gasteiger partial charge in [-0.15, -0.1) is 0 Å². The van der Waals surface area contributed by atoms with E-state index in [1.165, 1.54) is 0 Å². The third-order valence-electron chi connectivity index (χ3n) is 2.86. The molecule has 0 saturated carbocycles. The molecule has 2 rings (SSSR count). The van der Waals surface area contributed by atoms with E-state index in [0.717, 1.165) is 16.7 Å². The van der Waals surface area contributed by atoms with Crippen molar-refractivity contribution in [2.24, 2.45) is 0 Å². The minimum atomic E-state index is -0.823. The van der Waals surface area contributed by atoms with Gasteiger partial charge in [0.1, 0.15) is 0 Å². The molecule has 0 saturated heterocycles. The van der Waals surface area contributed by atoms with Crippen LogP contribution < -0.4 is 0 Å². The van der Waals surface area contributed by atoms with Gasteiger partial charge in [0, 0.05) is 0 Å². The Bertz CT molecular complexity index is 569. The van der Waals surface area contributed by atoms with E-state index in [1.807, 2.05) is 66.7 Å². The van der Waals surface area contributed by atoms with Crippen LogP contribution in [0.1, 0.15) is 17.5 Å². The van der Waals surface area contributed by atoms with Gasteiger partial charge in [0.25, 0.3) is 0 Å². The summed E-state index contributed by atoms with van der Waals surface area (Å²) in [6.07, 6.45) is 5.43. The van der Waals surface area contributed by atoms with Crippen LogP contribution >= 0.6 is 0 Å². The molecule has 100 valence electrons. The second kappa shape index (κ2) is 7.10. The van der Waals surface area contributed by atoms with Gasteiger partial charge >= 0.3 is 5.97 Å². The Balaban J connectivity index is 2.33. The summed E-state index contributed by atoms with van der Waals surface area (Å²) in [5.74, 6) is -0.823. The van der Waals surface area contributed by atoms with Crippen molar-refractivity contribution in [1.82, 2.24) is 0 Å². The van der Waals surface area contributed by atoms with E-state index >= 15 is 0 Å². The highest BCUT2D eigenvalue weighted by molar-refractivity contribution is 5.80. The molecule has 0 aliphatic heterocycles. The third-order valence-corrected chi connectivity index (χ3v) is 2.86. The minimum Gasteiger partial charge on any atom is -0.481 e. The lowest BCUT2D eigenvalue weighted by atomic mass is 9.97. The number of carboxylic acid groups (broad SMARTS) is 1. The Kier molecular flexibility index (Phi) is 4.90. The Morgan fingerprint density at radius 2 is 1.40 bits per heavy atom. The summed E-state index contributed by atoms with van der Waals surface area (Å²) in [6.45, 7) is 0. The van der Waals surface area contributed by atoms with Gasteiger partial charge in [-0.2, -0.15) is 0 Å². The molecule has 0 spiro atoms. The number of hydrogen-bond acceptors (Lipinski definition) is 1. The van der Waals surface area contributed by atoms with Crippen LogP contribution in [0.25, 0.3) is 5.57 Å².